The van der Waals surface area contributed by atoms with E-state index >= 15 is 0 Å². The third-order valence-corrected chi connectivity index (χ3v) is 3.63. The molecule has 0 bridgehead atoms. The van der Waals surface area contributed by atoms with Gasteiger partial charge >= 0.3 is 7.60 Å². The van der Waals surface area contributed by atoms with Crippen molar-refractivity contribution in [3.8, 4) is 0 Å². The van der Waals surface area contributed by atoms with Crippen molar-refractivity contribution in [2.45, 2.75) is 0 Å². The van der Waals surface area contributed by atoms with Gasteiger partial charge in [-0.2, -0.15) is 0 Å². The van der Waals surface area contributed by atoms with Gasteiger partial charge in [0, 0.05) is 5.56 Å². The Hall–Kier alpha value is -2.27. The van der Waals surface area contributed by atoms with Crippen LogP contribution in [0, 0.1) is 5.82 Å². The molecule has 114 valence electrons. The van der Waals surface area contributed by atoms with E-state index in [4.69, 9.17) is 0 Å². The monoisotopic (exact) mass is 321 g/mol. The predicted octanol–water partition coefficient (Wildman–Crippen LogP) is 2.73. The quantitative estimate of drug-likeness (QED) is 0.756. The van der Waals surface area contributed by atoms with Crippen LogP contribution in [0.3, 0.4) is 0 Å². The summed E-state index contributed by atoms with van der Waals surface area (Å²) in [5, 5.41) is 2.20. The van der Waals surface area contributed by atoms with Crippen LogP contribution in [0.1, 0.15) is 15.9 Å². The third-order valence-electron chi connectivity index (χ3n) is 2.76. The molecule has 2 aromatic rings. The Balaban J connectivity index is 2.30. The molecule has 0 saturated heterocycles. The van der Waals surface area contributed by atoms with Crippen LogP contribution in [0.2, 0.25) is 0 Å². The smallest absolute Gasteiger partial charge is 0.320 e. The van der Waals surface area contributed by atoms with E-state index in [1.807, 2.05) is 0 Å². The maximum atomic E-state index is 12.8. The highest BCUT2D eigenvalue weighted by molar-refractivity contribution is 7.56. The van der Waals surface area contributed by atoms with E-state index in [9.17, 15) is 23.5 Å². The zero-order valence-electron chi connectivity index (χ0n) is 11.3. The zero-order valence-corrected chi connectivity index (χ0v) is 12.2. The molecule has 0 aliphatic rings. The van der Waals surface area contributed by atoms with Crippen molar-refractivity contribution in [1.82, 2.24) is 5.32 Å². The lowest BCUT2D eigenvalue weighted by Crippen LogP contribution is -2.22. The molecule has 0 aliphatic carbocycles. The van der Waals surface area contributed by atoms with Crippen LogP contribution in [-0.4, -0.2) is 15.7 Å². The van der Waals surface area contributed by atoms with Crippen LogP contribution < -0.4 is 5.32 Å². The molecule has 22 heavy (non-hydrogen) atoms. The van der Waals surface area contributed by atoms with E-state index in [-0.39, 0.29) is 5.56 Å². The summed E-state index contributed by atoms with van der Waals surface area (Å²) < 4.78 is 24.4. The fraction of sp³-hybridized carbons (Fsp3) is 0. The number of amides is 1. The zero-order chi connectivity index (χ0) is 16.2. The van der Waals surface area contributed by atoms with Gasteiger partial charge in [-0.25, -0.2) is 4.39 Å². The maximum Gasteiger partial charge on any atom is 0.372 e. The van der Waals surface area contributed by atoms with Crippen LogP contribution in [0.4, 0.5) is 4.39 Å². The second-order valence-corrected chi connectivity index (χ2v) is 6.02. The van der Waals surface area contributed by atoms with Crippen molar-refractivity contribution >= 4 is 19.6 Å². The van der Waals surface area contributed by atoms with Crippen molar-refractivity contribution in [2.75, 3.05) is 0 Å². The second-order valence-electron chi connectivity index (χ2n) is 4.45. The number of rotatable bonds is 4. The van der Waals surface area contributed by atoms with Gasteiger partial charge in [0.1, 0.15) is 11.3 Å². The first-order valence-electron chi connectivity index (χ1n) is 6.26. The first-order valence-corrected chi connectivity index (χ1v) is 7.87. The van der Waals surface area contributed by atoms with Gasteiger partial charge in [0.25, 0.3) is 5.91 Å². The van der Waals surface area contributed by atoms with E-state index in [0.29, 0.717) is 5.56 Å². The van der Waals surface area contributed by atoms with Crippen molar-refractivity contribution in [1.29, 1.82) is 0 Å². The van der Waals surface area contributed by atoms with Gasteiger partial charge in [-0.3, -0.25) is 9.36 Å². The van der Waals surface area contributed by atoms with E-state index in [1.165, 1.54) is 24.3 Å². The van der Waals surface area contributed by atoms with Gasteiger partial charge in [0.05, 0.1) is 0 Å². The number of carbonyl (C=O) groups is 1. The molecular weight excluding hydrogens is 308 g/mol. The highest BCUT2D eigenvalue weighted by atomic mass is 31.2. The minimum atomic E-state index is -4.69. The predicted molar refractivity (Wildman–Crippen MR) is 80.3 cm³/mol. The van der Waals surface area contributed by atoms with Gasteiger partial charge in [-0.15, -0.1) is 0 Å². The molecule has 1 amide bonds. The van der Waals surface area contributed by atoms with Crippen molar-refractivity contribution in [3.05, 3.63) is 77.0 Å². The summed E-state index contributed by atoms with van der Waals surface area (Å²) >= 11 is 0. The average Bonchev–Trinajstić information content (AvgIpc) is 2.48. The second kappa shape index (κ2) is 6.66. The Labute approximate surface area is 126 Å². The number of hydrogen-bond donors (Lipinski definition) is 3. The Bertz CT molecular complexity index is 738. The lowest BCUT2D eigenvalue weighted by molar-refractivity contribution is 0.0966. The molecule has 0 spiro atoms. The molecule has 2 aromatic carbocycles. The minimum absolute atomic E-state index is 0.265. The molecule has 0 aliphatic heterocycles. The van der Waals surface area contributed by atoms with Gasteiger partial charge in [-0.1, -0.05) is 30.3 Å². The number of halogens is 1. The molecule has 5 nitrogen and oxygen atoms in total. The standard InChI is InChI=1S/C15H13FNO4P/c16-13-8-6-11(7-9-13)10-14(22(19,20)21)17-15(18)12-4-2-1-3-5-12/h1-10H,(H,17,18)(H2,19,20,21). The number of hydrogen-bond acceptors (Lipinski definition) is 2. The summed E-state index contributed by atoms with van der Waals surface area (Å²) in [5.74, 6) is -1.11. The molecule has 0 heterocycles. The van der Waals surface area contributed by atoms with Gasteiger partial charge in [0.15, 0.2) is 0 Å². The molecule has 0 radical (unpaired) electrons. The van der Waals surface area contributed by atoms with E-state index < -0.39 is 24.8 Å². The van der Waals surface area contributed by atoms with Crippen LogP contribution in [0.5, 0.6) is 0 Å². The molecule has 0 atom stereocenters. The fourth-order valence-electron chi connectivity index (χ4n) is 1.69. The Morgan fingerprint density at radius 2 is 1.64 bits per heavy atom. The summed E-state index contributed by atoms with van der Waals surface area (Å²) in [6, 6.07) is 13.0. The summed E-state index contributed by atoms with van der Waals surface area (Å²) in [6.07, 6.45) is 1.11. The van der Waals surface area contributed by atoms with Crippen molar-refractivity contribution < 1.29 is 23.5 Å². The largest absolute Gasteiger partial charge is 0.372 e. The molecule has 3 N–H and O–H groups in total. The topological polar surface area (TPSA) is 86.6 Å². The lowest BCUT2D eigenvalue weighted by atomic mass is 10.2. The highest BCUT2D eigenvalue weighted by Crippen LogP contribution is 2.44. The van der Waals surface area contributed by atoms with Crippen molar-refractivity contribution in [3.63, 3.8) is 0 Å². The SMILES string of the molecule is O=C(NC(=Cc1ccc(F)cc1)P(=O)(O)O)c1ccccc1. The molecule has 0 fully saturated rings. The maximum absolute atomic E-state index is 12.8. The first-order chi connectivity index (χ1) is 10.4. The third kappa shape index (κ3) is 4.36. The average molecular weight is 321 g/mol. The highest BCUT2D eigenvalue weighted by Gasteiger charge is 2.23. The van der Waals surface area contributed by atoms with Crippen LogP contribution in [-0.2, 0) is 4.57 Å². The van der Waals surface area contributed by atoms with E-state index in [2.05, 4.69) is 5.32 Å². The van der Waals surface area contributed by atoms with Crippen LogP contribution in [0.25, 0.3) is 6.08 Å². The Morgan fingerprint density at radius 3 is 2.18 bits per heavy atom. The molecule has 0 saturated carbocycles. The molecular formula is C15H13FNO4P. The van der Waals surface area contributed by atoms with E-state index in [0.717, 1.165) is 18.2 Å². The number of carbonyl (C=O) groups excluding carboxylic acids is 1. The summed E-state index contributed by atoms with van der Waals surface area (Å²) in [6.45, 7) is 0. The van der Waals surface area contributed by atoms with Crippen LogP contribution >= 0.6 is 7.60 Å². The lowest BCUT2D eigenvalue weighted by Gasteiger charge is -2.11. The Kier molecular flexibility index (Phi) is 4.88. The normalized spacial score (nSPS) is 12.0. The number of nitrogens with one attached hydrogen (secondary N) is 1. The van der Waals surface area contributed by atoms with Crippen molar-refractivity contribution in [2.24, 2.45) is 0 Å². The Morgan fingerprint density at radius 1 is 1.05 bits per heavy atom. The first kappa shape index (κ1) is 16.1. The minimum Gasteiger partial charge on any atom is -0.320 e. The van der Waals surface area contributed by atoms with Gasteiger partial charge in [-0.05, 0) is 35.9 Å². The molecule has 0 aromatic heterocycles. The summed E-state index contributed by atoms with van der Waals surface area (Å²) in [4.78, 5) is 30.7. The van der Waals surface area contributed by atoms with Gasteiger partial charge < -0.3 is 15.1 Å². The van der Waals surface area contributed by atoms with Crippen LogP contribution in [0.15, 0.2) is 60.0 Å². The number of benzene rings is 2. The summed E-state index contributed by atoms with van der Waals surface area (Å²) in [5.41, 5.74) is 0.0713. The molecule has 0 unspecified atom stereocenters. The fourth-order valence-corrected chi connectivity index (χ4v) is 2.25. The molecule has 7 heteroatoms. The van der Waals surface area contributed by atoms with Gasteiger partial charge in [0.2, 0.25) is 0 Å². The molecule has 2 rings (SSSR count). The summed E-state index contributed by atoms with van der Waals surface area (Å²) in [7, 11) is -4.69. The van der Waals surface area contributed by atoms with E-state index in [1.54, 1.807) is 18.2 Å².